The lowest BCUT2D eigenvalue weighted by atomic mass is 9.94. The Bertz CT molecular complexity index is 734. The zero-order chi connectivity index (χ0) is 17.8. The standard InChI is InChI=1S/C20H24N2O2S/c1-3-22(17-8-5-4-7-15(17)2)19(23)16-10-12-21(13-11-16)20(24)18-9-6-14-25-18/h4-9,14,16H,3,10-13H2,1-2H3. The molecule has 0 aliphatic carbocycles. The van der Waals surface area contributed by atoms with Gasteiger partial charge in [0, 0.05) is 31.2 Å². The molecule has 0 radical (unpaired) electrons. The van der Waals surface area contributed by atoms with Crippen molar-refractivity contribution in [2.45, 2.75) is 26.7 Å². The van der Waals surface area contributed by atoms with Crippen molar-refractivity contribution in [3.8, 4) is 0 Å². The Kier molecular flexibility index (Phi) is 5.53. The van der Waals surface area contributed by atoms with Crippen LogP contribution >= 0.6 is 11.3 Å². The highest BCUT2D eigenvalue weighted by molar-refractivity contribution is 7.12. The fraction of sp³-hybridized carbons (Fsp3) is 0.400. The number of hydrogen-bond donors (Lipinski definition) is 0. The van der Waals surface area contributed by atoms with Gasteiger partial charge in [-0.2, -0.15) is 0 Å². The third-order valence-corrected chi connectivity index (χ3v) is 5.71. The van der Waals surface area contributed by atoms with Gasteiger partial charge in [-0.1, -0.05) is 24.3 Å². The Morgan fingerprint density at radius 2 is 1.88 bits per heavy atom. The summed E-state index contributed by atoms with van der Waals surface area (Å²) < 4.78 is 0. The van der Waals surface area contributed by atoms with Crippen LogP contribution in [0.5, 0.6) is 0 Å². The van der Waals surface area contributed by atoms with E-state index in [0.717, 1.165) is 29.0 Å². The molecular formula is C20H24N2O2S. The highest BCUT2D eigenvalue weighted by Crippen LogP contribution is 2.26. The summed E-state index contributed by atoms with van der Waals surface area (Å²) in [4.78, 5) is 30.0. The monoisotopic (exact) mass is 356 g/mol. The zero-order valence-electron chi connectivity index (χ0n) is 14.8. The summed E-state index contributed by atoms with van der Waals surface area (Å²) in [5.74, 6) is 0.263. The largest absolute Gasteiger partial charge is 0.338 e. The van der Waals surface area contributed by atoms with Crippen molar-refractivity contribution < 1.29 is 9.59 Å². The van der Waals surface area contributed by atoms with Gasteiger partial charge in [0.05, 0.1) is 4.88 Å². The van der Waals surface area contributed by atoms with E-state index in [0.29, 0.717) is 19.6 Å². The Morgan fingerprint density at radius 3 is 2.48 bits per heavy atom. The minimum atomic E-state index is -0.00746. The average Bonchev–Trinajstić information content (AvgIpc) is 3.18. The minimum Gasteiger partial charge on any atom is -0.338 e. The molecule has 3 rings (SSSR count). The van der Waals surface area contributed by atoms with E-state index in [4.69, 9.17) is 0 Å². The molecule has 4 nitrogen and oxygen atoms in total. The number of benzene rings is 1. The number of piperidine rings is 1. The van der Waals surface area contributed by atoms with E-state index in [1.165, 1.54) is 11.3 Å². The second-order valence-electron chi connectivity index (χ2n) is 6.41. The molecule has 5 heteroatoms. The third-order valence-electron chi connectivity index (χ3n) is 4.85. The normalized spacial score (nSPS) is 15.2. The molecule has 0 atom stereocenters. The van der Waals surface area contributed by atoms with Gasteiger partial charge in [-0.05, 0) is 49.8 Å². The van der Waals surface area contributed by atoms with E-state index in [9.17, 15) is 9.59 Å². The Balaban J connectivity index is 1.65. The van der Waals surface area contributed by atoms with Crippen LogP contribution in [0.4, 0.5) is 5.69 Å². The highest BCUT2D eigenvalue weighted by atomic mass is 32.1. The smallest absolute Gasteiger partial charge is 0.263 e. The number of carbonyl (C=O) groups excluding carboxylic acids is 2. The molecule has 0 N–H and O–H groups in total. The van der Waals surface area contributed by atoms with E-state index in [2.05, 4.69) is 0 Å². The molecule has 0 saturated carbocycles. The molecule has 1 aromatic heterocycles. The number of hydrogen-bond acceptors (Lipinski definition) is 3. The first-order chi connectivity index (χ1) is 12.1. The summed E-state index contributed by atoms with van der Waals surface area (Å²) in [6, 6.07) is 11.8. The van der Waals surface area contributed by atoms with Gasteiger partial charge in [0.25, 0.3) is 5.91 Å². The Morgan fingerprint density at radius 1 is 1.16 bits per heavy atom. The number of para-hydroxylation sites is 1. The molecule has 1 aliphatic heterocycles. The van der Waals surface area contributed by atoms with Crippen LogP contribution in [-0.2, 0) is 4.79 Å². The van der Waals surface area contributed by atoms with Crippen LogP contribution in [0.1, 0.15) is 35.0 Å². The van der Waals surface area contributed by atoms with Gasteiger partial charge in [-0.3, -0.25) is 9.59 Å². The predicted molar refractivity (Wildman–Crippen MR) is 102 cm³/mol. The summed E-state index contributed by atoms with van der Waals surface area (Å²) in [6.45, 7) is 6.02. The fourth-order valence-electron chi connectivity index (χ4n) is 3.42. The number of amides is 2. The van der Waals surface area contributed by atoms with E-state index in [1.54, 1.807) is 0 Å². The number of nitrogens with zero attached hydrogens (tertiary/aromatic N) is 2. The molecule has 2 heterocycles. The second kappa shape index (κ2) is 7.83. The maximum absolute atomic E-state index is 13.0. The van der Waals surface area contributed by atoms with E-state index >= 15 is 0 Å². The first-order valence-electron chi connectivity index (χ1n) is 8.81. The molecule has 0 bridgehead atoms. The minimum absolute atomic E-state index is 0.00746. The summed E-state index contributed by atoms with van der Waals surface area (Å²) in [6.07, 6.45) is 1.47. The maximum Gasteiger partial charge on any atom is 0.263 e. The number of carbonyl (C=O) groups is 2. The first-order valence-corrected chi connectivity index (χ1v) is 9.69. The lowest BCUT2D eigenvalue weighted by Crippen LogP contribution is -2.44. The third kappa shape index (κ3) is 3.76. The van der Waals surface area contributed by atoms with Crippen molar-refractivity contribution >= 4 is 28.8 Å². The maximum atomic E-state index is 13.0. The highest BCUT2D eigenvalue weighted by Gasteiger charge is 2.31. The van der Waals surface area contributed by atoms with E-state index in [-0.39, 0.29) is 17.7 Å². The van der Waals surface area contributed by atoms with Crippen molar-refractivity contribution in [1.82, 2.24) is 4.90 Å². The summed E-state index contributed by atoms with van der Waals surface area (Å²) in [5, 5.41) is 1.92. The van der Waals surface area contributed by atoms with Gasteiger partial charge in [0.2, 0.25) is 5.91 Å². The molecule has 1 saturated heterocycles. The van der Waals surface area contributed by atoms with Crippen LogP contribution in [0.15, 0.2) is 41.8 Å². The summed E-state index contributed by atoms with van der Waals surface area (Å²) in [5.41, 5.74) is 2.11. The Labute approximate surface area is 153 Å². The lowest BCUT2D eigenvalue weighted by molar-refractivity contribution is -0.123. The predicted octanol–water partition coefficient (Wildman–Crippen LogP) is 3.96. The van der Waals surface area contributed by atoms with Crippen molar-refractivity contribution in [2.24, 2.45) is 5.92 Å². The van der Waals surface area contributed by atoms with Crippen molar-refractivity contribution in [3.05, 3.63) is 52.2 Å². The molecule has 2 amide bonds. The van der Waals surface area contributed by atoms with Gasteiger partial charge >= 0.3 is 0 Å². The fourth-order valence-corrected chi connectivity index (χ4v) is 4.11. The van der Waals surface area contributed by atoms with Crippen LogP contribution in [0.25, 0.3) is 0 Å². The van der Waals surface area contributed by atoms with Crippen molar-refractivity contribution in [1.29, 1.82) is 0 Å². The van der Waals surface area contributed by atoms with Gasteiger partial charge in [-0.25, -0.2) is 0 Å². The molecule has 1 fully saturated rings. The number of likely N-dealkylation sites (tertiary alicyclic amines) is 1. The van der Waals surface area contributed by atoms with Crippen LogP contribution in [0, 0.1) is 12.8 Å². The van der Waals surface area contributed by atoms with Gasteiger partial charge in [0.1, 0.15) is 0 Å². The number of anilines is 1. The van der Waals surface area contributed by atoms with Gasteiger partial charge < -0.3 is 9.80 Å². The van der Waals surface area contributed by atoms with Gasteiger partial charge in [0.15, 0.2) is 0 Å². The first kappa shape index (κ1) is 17.7. The molecular weight excluding hydrogens is 332 g/mol. The van der Waals surface area contributed by atoms with Crippen molar-refractivity contribution in [2.75, 3.05) is 24.5 Å². The topological polar surface area (TPSA) is 40.6 Å². The zero-order valence-corrected chi connectivity index (χ0v) is 15.6. The summed E-state index contributed by atoms with van der Waals surface area (Å²) in [7, 11) is 0. The van der Waals surface area contributed by atoms with E-state index in [1.807, 2.05) is 65.4 Å². The van der Waals surface area contributed by atoms with E-state index < -0.39 is 0 Å². The number of aryl methyl sites for hydroxylation is 1. The summed E-state index contributed by atoms with van der Waals surface area (Å²) >= 11 is 1.47. The SMILES string of the molecule is CCN(C(=O)C1CCN(C(=O)c2cccs2)CC1)c1ccccc1C. The molecule has 1 aliphatic rings. The Hall–Kier alpha value is -2.14. The van der Waals surface area contributed by atoms with Crippen LogP contribution in [0.2, 0.25) is 0 Å². The average molecular weight is 356 g/mol. The molecule has 0 spiro atoms. The molecule has 132 valence electrons. The van der Waals surface area contributed by atoms with Crippen LogP contribution in [-0.4, -0.2) is 36.3 Å². The molecule has 1 aromatic carbocycles. The molecule has 25 heavy (non-hydrogen) atoms. The molecule has 2 aromatic rings. The number of thiophene rings is 1. The van der Waals surface area contributed by atoms with Crippen molar-refractivity contribution in [3.63, 3.8) is 0 Å². The molecule has 0 unspecified atom stereocenters. The van der Waals surface area contributed by atoms with Crippen LogP contribution in [0.3, 0.4) is 0 Å². The van der Waals surface area contributed by atoms with Crippen LogP contribution < -0.4 is 4.90 Å². The quantitative estimate of drug-likeness (QED) is 0.832. The second-order valence-corrected chi connectivity index (χ2v) is 7.36. The number of rotatable bonds is 4. The van der Waals surface area contributed by atoms with Gasteiger partial charge in [-0.15, -0.1) is 11.3 Å². The lowest BCUT2D eigenvalue weighted by Gasteiger charge is -2.34.